The molecule has 0 saturated heterocycles. The maximum Gasteiger partial charge on any atom is 0.191 e. The van der Waals surface area contributed by atoms with E-state index in [9.17, 15) is 0 Å². The van der Waals surface area contributed by atoms with Crippen molar-refractivity contribution in [3.8, 4) is 5.75 Å². The first kappa shape index (κ1) is 21.4. The number of nitrogens with one attached hydrogen (secondary N) is 2. The minimum absolute atomic E-state index is 0. The van der Waals surface area contributed by atoms with Crippen LogP contribution in [-0.2, 0) is 13.1 Å². The SMILES string of the molecule is C=CCOc1ccccc1CNC(=NC)NCc1nc(C)c(C)s1.I. The van der Waals surface area contributed by atoms with Gasteiger partial charge in [-0.15, -0.1) is 35.3 Å². The third-order valence-electron chi connectivity index (χ3n) is 3.48. The highest BCUT2D eigenvalue weighted by atomic mass is 127. The fourth-order valence-corrected chi connectivity index (χ4v) is 2.99. The highest BCUT2D eigenvalue weighted by molar-refractivity contribution is 14.0. The second-order valence-corrected chi connectivity index (χ2v) is 6.52. The van der Waals surface area contributed by atoms with Crippen LogP contribution in [0.4, 0.5) is 0 Å². The van der Waals surface area contributed by atoms with Gasteiger partial charge in [-0.3, -0.25) is 4.99 Å². The molecule has 0 saturated carbocycles. The van der Waals surface area contributed by atoms with Crippen molar-refractivity contribution in [2.75, 3.05) is 13.7 Å². The van der Waals surface area contributed by atoms with Crippen molar-refractivity contribution in [3.05, 3.63) is 58.1 Å². The van der Waals surface area contributed by atoms with E-state index in [2.05, 4.69) is 34.1 Å². The summed E-state index contributed by atoms with van der Waals surface area (Å²) in [4.78, 5) is 10.0. The Morgan fingerprint density at radius 1 is 1.28 bits per heavy atom. The zero-order valence-electron chi connectivity index (χ0n) is 14.8. The summed E-state index contributed by atoms with van der Waals surface area (Å²) in [5, 5.41) is 7.65. The minimum Gasteiger partial charge on any atom is -0.489 e. The Hall–Kier alpha value is -1.61. The fourth-order valence-electron chi connectivity index (χ4n) is 2.11. The van der Waals surface area contributed by atoms with Crippen LogP contribution in [0, 0.1) is 13.8 Å². The van der Waals surface area contributed by atoms with Crippen molar-refractivity contribution in [2.24, 2.45) is 4.99 Å². The highest BCUT2D eigenvalue weighted by Crippen LogP contribution is 2.18. The zero-order chi connectivity index (χ0) is 17.4. The van der Waals surface area contributed by atoms with Gasteiger partial charge >= 0.3 is 0 Å². The fraction of sp³-hybridized carbons (Fsp3) is 0.333. The molecule has 2 N–H and O–H groups in total. The van der Waals surface area contributed by atoms with Gasteiger partial charge in [0.1, 0.15) is 17.4 Å². The van der Waals surface area contributed by atoms with Crippen molar-refractivity contribution in [1.82, 2.24) is 15.6 Å². The Morgan fingerprint density at radius 3 is 2.64 bits per heavy atom. The molecule has 0 fully saturated rings. The monoisotopic (exact) mass is 472 g/mol. The van der Waals surface area contributed by atoms with Crippen LogP contribution in [0.25, 0.3) is 0 Å². The highest BCUT2D eigenvalue weighted by Gasteiger charge is 2.06. The van der Waals surface area contributed by atoms with Crippen molar-refractivity contribution >= 4 is 41.3 Å². The molecule has 0 spiro atoms. The van der Waals surface area contributed by atoms with Crippen LogP contribution >= 0.6 is 35.3 Å². The average Bonchev–Trinajstić information content (AvgIpc) is 2.92. The molecule has 1 heterocycles. The lowest BCUT2D eigenvalue weighted by atomic mass is 10.2. The predicted molar refractivity (Wildman–Crippen MR) is 116 cm³/mol. The van der Waals surface area contributed by atoms with Crippen LogP contribution in [0.15, 0.2) is 41.9 Å². The Kier molecular flexibility index (Phi) is 9.51. The molecule has 2 aromatic rings. The van der Waals surface area contributed by atoms with Crippen LogP contribution < -0.4 is 15.4 Å². The van der Waals surface area contributed by atoms with Gasteiger partial charge in [-0.05, 0) is 19.9 Å². The molecule has 1 aromatic heterocycles. The molecule has 0 aliphatic carbocycles. The number of aryl methyl sites for hydroxylation is 2. The largest absolute Gasteiger partial charge is 0.489 e. The third kappa shape index (κ3) is 6.66. The lowest BCUT2D eigenvalue weighted by molar-refractivity contribution is 0.358. The number of para-hydroxylation sites is 1. The van der Waals surface area contributed by atoms with Gasteiger partial charge in [0.2, 0.25) is 0 Å². The van der Waals surface area contributed by atoms with E-state index >= 15 is 0 Å². The Labute approximate surface area is 170 Å². The number of rotatable bonds is 7. The van der Waals surface area contributed by atoms with Crippen molar-refractivity contribution in [1.29, 1.82) is 0 Å². The van der Waals surface area contributed by atoms with E-state index in [-0.39, 0.29) is 24.0 Å². The van der Waals surface area contributed by atoms with Crippen molar-refractivity contribution in [2.45, 2.75) is 26.9 Å². The summed E-state index contributed by atoms with van der Waals surface area (Å²) in [5.74, 6) is 1.59. The first-order chi connectivity index (χ1) is 11.6. The standard InChI is InChI=1S/C18H24N4OS.HI/c1-5-10-23-16-9-7-6-8-15(16)11-20-18(19-4)21-12-17-22-13(2)14(3)24-17;/h5-9H,1,10-12H2,2-4H3,(H2,19,20,21);1H. The molecule has 7 heteroatoms. The molecule has 2 rings (SSSR count). The van der Waals surface area contributed by atoms with Gasteiger partial charge in [0.25, 0.3) is 0 Å². The molecule has 5 nitrogen and oxygen atoms in total. The molecule has 0 radical (unpaired) electrons. The Balaban J connectivity index is 0.00000312. The normalized spacial score (nSPS) is 10.8. The summed E-state index contributed by atoms with van der Waals surface area (Å²) in [6.07, 6.45) is 1.74. The molecular formula is C18H25IN4OS. The van der Waals surface area contributed by atoms with Gasteiger partial charge in [-0.2, -0.15) is 0 Å². The molecule has 0 aliphatic rings. The number of aliphatic imine (C=N–C) groups is 1. The Bertz CT molecular complexity index is 695. The van der Waals surface area contributed by atoms with Crippen LogP contribution in [0.1, 0.15) is 21.1 Å². The minimum atomic E-state index is 0. The van der Waals surface area contributed by atoms with E-state index < -0.39 is 0 Å². The number of halogens is 1. The van der Waals surface area contributed by atoms with Gasteiger partial charge in [0, 0.05) is 24.0 Å². The second kappa shape index (κ2) is 11.1. The van der Waals surface area contributed by atoms with Crippen LogP contribution in [0.3, 0.4) is 0 Å². The maximum absolute atomic E-state index is 5.67. The van der Waals surface area contributed by atoms with E-state index in [1.807, 2.05) is 31.2 Å². The van der Waals surface area contributed by atoms with Crippen LogP contribution in [0.2, 0.25) is 0 Å². The summed E-state index contributed by atoms with van der Waals surface area (Å²) in [5.41, 5.74) is 2.16. The predicted octanol–water partition coefficient (Wildman–Crippen LogP) is 3.81. The number of thiazole rings is 1. The van der Waals surface area contributed by atoms with Gasteiger partial charge in [-0.1, -0.05) is 30.9 Å². The van der Waals surface area contributed by atoms with E-state index in [4.69, 9.17) is 4.74 Å². The first-order valence-corrected chi connectivity index (χ1v) is 8.64. The topological polar surface area (TPSA) is 58.5 Å². The molecule has 136 valence electrons. The average molecular weight is 472 g/mol. The van der Waals surface area contributed by atoms with Gasteiger partial charge < -0.3 is 15.4 Å². The molecular weight excluding hydrogens is 447 g/mol. The third-order valence-corrected chi connectivity index (χ3v) is 4.55. The maximum atomic E-state index is 5.67. The number of hydrogen-bond acceptors (Lipinski definition) is 4. The molecule has 0 amide bonds. The molecule has 0 aliphatic heterocycles. The lowest BCUT2D eigenvalue weighted by Crippen LogP contribution is -2.36. The number of benzene rings is 1. The van der Waals surface area contributed by atoms with E-state index in [1.165, 1.54) is 4.88 Å². The van der Waals surface area contributed by atoms with Crippen LogP contribution in [-0.4, -0.2) is 24.6 Å². The van der Waals surface area contributed by atoms with E-state index in [1.54, 1.807) is 24.5 Å². The summed E-state index contributed by atoms with van der Waals surface area (Å²) in [6.45, 7) is 9.58. The molecule has 25 heavy (non-hydrogen) atoms. The van der Waals surface area contributed by atoms with Gasteiger partial charge in [0.15, 0.2) is 5.96 Å². The first-order valence-electron chi connectivity index (χ1n) is 7.83. The molecule has 0 bridgehead atoms. The zero-order valence-corrected chi connectivity index (χ0v) is 18.0. The summed E-state index contributed by atoms with van der Waals surface area (Å²) in [6, 6.07) is 7.95. The summed E-state index contributed by atoms with van der Waals surface area (Å²) >= 11 is 1.71. The van der Waals surface area contributed by atoms with Crippen LogP contribution in [0.5, 0.6) is 5.75 Å². The summed E-state index contributed by atoms with van der Waals surface area (Å²) < 4.78 is 5.67. The quantitative estimate of drug-likeness (QED) is 0.279. The number of guanidine groups is 1. The smallest absolute Gasteiger partial charge is 0.191 e. The number of nitrogens with zero attached hydrogens (tertiary/aromatic N) is 2. The van der Waals surface area contributed by atoms with Crippen molar-refractivity contribution < 1.29 is 4.74 Å². The number of ether oxygens (including phenoxy) is 1. The summed E-state index contributed by atoms with van der Waals surface area (Å²) in [7, 11) is 1.76. The molecule has 0 atom stereocenters. The molecule has 0 unspecified atom stereocenters. The second-order valence-electron chi connectivity index (χ2n) is 5.24. The molecule has 1 aromatic carbocycles. The number of aromatic nitrogens is 1. The van der Waals surface area contributed by atoms with Gasteiger partial charge in [-0.25, -0.2) is 4.98 Å². The van der Waals surface area contributed by atoms with Gasteiger partial charge in [0.05, 0.1) is 12.2 Å². The number of hydrogen-bond donors (Lipinski definition) is 2. The van der Waals surface area contributed by atoms with Crippen molar-refractivity contribution in [3.63, 3.8) is 0 Å². The lowest BCUT2D eigenvalue weighted by Gasteiger charge is -2.13. The Morgan fingerprint density at radius 2 is 2.00 bits per heavy atom. The van der Waals surface area contributed by atoms with E-state index in [0.29, 0.717) is 19.7 Å². The van der Waals surface area contributed by atoms with E-state index in [0.717, 1.165) is 28.0 Å².